The lowest BCUT2D eigenvalue weighted by atomic mass is 10.1. The molecule has 1 aromatic heterocycles. The van der Waals surface area contributed by atoms with E-state index in [2.05, 4.69) is 20.9 Å². The summed E-state index contributed by atoms with van der Waals surface area (Å²) in [6, 6.07) is 4.76. The Morgan fingerprint density at radius 3 is 2.94 bits per heavy atom. The monoisotopic (exact) mass is 326 g/mol. The highest BCUT2D eigenvalue weighted by atomic mass is 79.9. The molecule has 5 heteroatoms. The number of halogens is 2. The fourth-order valence-corrected chi connectivity index (χ4v) is 3.36. The molecule has 18 heavy (non-hydrogen) atoms. The van der Waals surface area contributed by atoms with Crippen LogP contribution in [0.4, 0.5) is 9.52 Å². The molecule has 1 aliphatic rings. The lowest BCUT2D eigenvalue weighted by molar-refractivity contribution is 0.625. The van der Waals surface area contributed by atoms with E-state index < -0.39 is 0 Å². The average molecular weight is 327 g/mol. The minimum absolute atomic E-state index is 0.210. The number of nitrogens with zero attached hydrogens (tertiary/aromatic N) is 1. The van der Waals surface area contributed by atoms with E-state index in [1.54, 1.807) is 12.1 Å². The maximum Gasteiger partial charge on any atom is 0.180 e. The van der Waals surface area contributed by atoms with Gasteiger partial charge in [-0.25, -0.2) is 9.37 Å². The number of thiazole rings is 1. The average Bonchev–Trinajstić information content (AvgIpc) is 3.09. The summed E-state index contributed by atoms with van der Waals surface area (Å²) in [5.41, 5.74) is 7.85. The van der Waals surface area contributed by atoms with E-state index in [4.69, 9.17) is 5.73 Å². The Labute approximate surface area is 117 Å². The van der Waals surface area contributed by atoms with Crippen LogP contribution in [0.1, 0.15) is 34.9 Å². The molecule has 0 unspecified atom stereocenters. The second-order valence-electron chi connectivity index (χ2n) is 4.55. The molecule has 3 rings (SSSR count). The van der Waals surface area contributed by atoms with Gasteiger partial charge in [-0.05, 0) is 36.6 Å². The topological polar surface area (TPSA) is 38.9 Å². The molecule has 1 heterocycles. The first-order valence-electron chi connectivity index (χ1n) is 5.82. The van der Waals surface area contributed by atoms with E-state index in [1.165, 1.54) is 35.1 Å². The highest BCUT2D eigenvalue weighted by Gasteiger charge is 2.29. The zero-order valence-corrected chi connectivity index (χ0v) is 12.0. The summed E-state index contributed by atoms with van der Waals surface area (Å²) in [6.45, 7) is 0. The van der Waals surface area contributed by atoms with E-state index in [0.717, 1.165) is 15.7 Å². The predicted octanol–water partition coefficient (Wildman–Crippen LogP) is 4.10. The van der Waals surface area contributed by atoms with Crippen molar-refractivity contribution in [1.82, 2.24) is 4.98 Å². The van der Waals surface area contributed by atoms with Crippen molar-refractivity contribution in [2.24, 2.45) is 0 Å². The summed E-state index contributed by atoms with van der Waals surface area (Å²) in [7, 11) is 0. The normalized spacial score (nSPS) is 15.0. The third kappa shape index (κ3) is 2.42. The van der Waals surface area contributed by atoms with Crippen LogP contribution in [0.5, 0.6) is 0 Å². The number of anilines is 1. The Morgan fingerprint density at radius 1 is 1.44 bits per heavy atom. The van der Waals surface area contributed by atoms with Crippen molar-refractivity contribution >= 4 is 32.4 Å². The first-order chi connectivity index (χ1) is 8.63. The number of nitrogens with two attached hydrogens (primary N) is 1. The number of rotatable bonds is 3. The van der Waals surface area contributed by atoms with Crippen molar-refractivity contribution in [2.75, 3.05) is 5.73 Å². The molecule has 1 saturated carbocycles. The zero-order valence-electron chi connectivity index (χ0n) is 9.62. The number of aromatic nitrogens is 1. The van der Waals surface area contributed by atoms with Crippen LogP contribution in [0.25, 0.3) is 0 Å². The van der Waals surface area contributed by atoms with Crippen LogP contribution in [0.2, 0.25) is 0 Å². The SMILES string of the molecule is Nc1nc(C2CC2)c(Cc2cc(F)ccc2Br)s1. The maximum atomic E-state index is 13.3. The molecule has 94 valence electrons. The molecular formula is C13H12BrFN2S. The molecule has 2 N–H and O–H groups in total. The van der Waals surface area contributed by atoms with Crippen LogP contribution in [-0.4, -0.2) is 4.98 Å². The second-order valence-corrected chi connectivity index (χ2v) is 6.52. The van der Waals surface area contributed by atoms with Crippen LogP contribution in [-0.2, 0) is 6.42 Å². The van der Waals surface area contributed by atoms with Gasteiger partial charge < -0.3 is 5.73 Å². The lowest BCUT2D eigenvalue weighted by Crippen LogP contribution is -1.93. The predicted molar refractivity (Wildman–Crippen MR) is 75.4 cm³/mol. The zero-order chi connectivity index (χ0) is 12.7. The van der Waals surface area contributed by atoms with Gasteiger partial charge in [0, 0.05) is 21.7 Å². The molecule has 0 amide bonds. The van der Waals surface area contributed by atoms with Crippen LogP contribution >= 0.6 is 27.3 Å². The minimum atomic E-state index is -0.210. The standard InChI is InChI=1S/C13H12BrFN2S/c14-10-4-3-9(15)5-8(10)6-11-12(7-1-2-7)17-13(16)18-11/h3-5,7H,1-2,6H2,(H2,16,17). The van der Waals surface area contributed by atoms with Crippen LogP contribution < -0.4 is 5.73 Å². The van der Waals surface area contributed by atoms with Gasteiger partial charge in [0.15, 0.2) is 5.13 Å². The Bertz CT molecular complexity index is 593. The largest absolute Gasteiger partial charge is 0.375 e. The fourth-order valence-electron chi connectivity index (χ4n) is 2.04. The Morgan fingerprint density at radius 2 is 2.22 bits per heavy atom. The number of benzene rings is 1. The van der Waals surface area contributed by atoms with Gasteiger partial charge in [0.25, 0.3) is 0 Å². The van der Waals surface area contributed by atoms with E-state index in [0.29, 0.717) is 17.5 Å². The summed E-state index contributed by atoms with van der Waals surface area (Å²) in [5, 5.41) is 0.611. The number of nitrogen functional groups attached to an aromatic ring is 1. The highest BCUT2D eigenvalue weighted by molar-refractivity contribution is 9.10. The van der Waals surface area contributed by atoms with Gasteiger partial charge in [-0.2, -0.15) is 0 Å². The van der Waals surface area contributed by atoms with Gasteiger partial charge in [-0.3, -0.25) is 0 Å². The Kier molecular flexibility index (Phi) is 3.11. The summed E-state index contributed by atoms with van der Waals surface area (Å²) >= 11 is 4.97. The fraction of sp³-hybridized carbons (Fsp3) is 0.308. The highest BCUT2D eigenvalue weighted by Crippen LogP contribution is 2.44. The van der Waals surface area contributed by atoms with Crippen molar-refractivity contribution in [3.63, 3.8) is 0 Å². The summed E-state index contributed by atoms with van der Waals surface area (Å²) < 4.78 is 14.2. The number of hydrogen-bond donors (Lipinski definition) is 1. The summed E-state index contributed by atoms with van der Waals surface area (Å²) in [4.78, 5) is 5.58. The molecule has 0 atom stereocenters. The van der Waals surface area contributed by atoms with Gasteiger partial charge in [0.2, 0.25) is 0 Å². The smallest absolute Gasteiger partial charge is 0.180 e. The van der Waals surface area contributed by atoms with Crippen molar-refractivity contribution in [2.45, 2.75) is 25.2 Å². The first kappa shape index (κ1) is 12.1. The third-order valence-electron chi connectivity index (χ3n) is 3.07. The molecule has 0 aliphatic heterocycles. The van der Waals surface area contributed by atoms with E-state index >= 15 is 0 Å². The van der Waals surface area contributed by atoms with Crippen molar-refractivity contribution in [1.29, 1.82) is 0 Å². The Balaban J connectivity index is 1.94. The lowest BCUT2D eigenvalue weighted by Gasteiger charge is -2.04. The molecule has 0 bridgehead atoms. The quantitative estimate of drug-likeness (QED) is 0.922. The van der Waals surface area contributed by atoms with Crippen molar-refractivity contribution < 1.29 is 4.39 Å². The molecule has 0 saturated heterocycles. The van der Waals surface area contributed by atoms with E-state index in [1.807, 2.05) is 0 Å². The maximum absolute atomic E-state index is 13.3. The number of hydrogen-bond acceptors (Lipinski definition) is 3. The molecule has 0 spiro atoms. The molecule has 1 fully saturated rings. The summed E-state index contributed by atoms with van der Waals surface area (Å²) in [5.74, 6) is 0.361. The van der Waals surface area contributed by atoms with Crippen LogP contribution in [0.3, 0.4) is 0 Å². The Hall–Kier alpha value is -0.940. The van der Waals surface area contributed by atoms with Crippen LogP contribution in [0.15, 0.2) is 22.7 Å². The minimum Gasteiger partial charge on any atom is -0.375 e. The second kappa shape index (κ2) is 4.63. The van der Waals surface area contributed by atoms with E-state index in [9.17, 15) is 4.39 Å². The molecule has 0 radical (unpaired) electrons. The molecular weight excluding hydrogens is 315 g/mol. The molecule has 2 nitrogen and oxygen atoms in total. The van der Waals surface area contributed by atoms with Gasteiger partial charge >= 0.3 is 0 Å². The van der Waals surface area contributed by atoms with Crippen LogP contribution in [0, 0.1) is 5.82 Å². The van der Waals surface area contributed by atoms with Crippen molar-refractivity contribution in [3.8, 4) is 0 Å². The van der Waals surface area contributed by atoms with Gasteiger partial charge in [-0.1, -0.05) is 15.9 Å². The summed E-state index contributed by atoms with van der Waals surface area (Å²) in [6.07, 6.45) is 3.08. The van der Waals surface area contributed by atoms with Gasteiger partial charge in [0.1, 0.15) is 5.82 Å². The van der Waals surface area contributed by atoms with Gasteiger partial charge in [-0.15, -0.1) is 11.3 Å². The molecule has 1 aliphatic carbocycles. The molecule has 1 aromatic carbocycles. The van der Waals surface area contributed by atoms with E-state index in [-0.39, 0.29) is 5.82 Å². The van der Waals surface area contributed by atoms with Crippen molar-refractivity contribution in [3.05, 3.63) is 44.6 Å². The third-order valence-corrected chi connectivity index (χ3v) is 4.74. The first-order valence-corrected chi connectivity index (χ1v) is 7.43. The molecule has 2 aromatic rings. The van der Waals surface area contributed by atoms with Gasteiger partial charge in [0.05, 0.1) is 5.69 Å².